The fourth-order valence-corrected chi connectivity index (χ4v) is 3.96. The van der Waals surface area contributed by atoms with Crippen molar-refractivity contribution in [1.82, 2.24) is 19.8 Å². The molecule has 0 saturated heterocycles. The van der Waals surface area contributed by atoms with Crippen molar-refractivity contribution in [1.29, 1.82) is 0 Å². The standard InChI is InChI=1S/C25H29N5O2/c1-2-28(21-12-7-4-8-13-21)15-9-14-26-24(31)22-19-29-16-17-30(25(32)23(29)27-22)18-20-10-5-3-6-11-20/h3-8,10-13,19H,2,9,14-18H2,1H3,(H,26,31). The Bertz CT molecular complexity index is 1050. The smallest absolute Gasteiger partial charge is 0.290 e. The number of anilines is 1. The molecule has 32 heavy (non-hydrogen) atoms. The van der Waals surface area contributed by atoms with E-state index in [1.807, 2.05) is 48.5 Å². The Hall–Kier alpha value is -3.61. The average molecular weight is 432 g/mol. The molecule has 2 heterocycles. The van der Waals surface area contributed by atoms with Crippen molar-refractivity contribution >= 4 is 17.5 Å². The van der Waals surface area contributed by atoms with Crippen molar-refractivity contribution in [2.75, 3.05) is 31.1 Å². The number of carbonyl (C=O) groups excluding carboxylic acids is 2. The van der Waals surface area contributed by atoms with Crippen LogP contribution in [0.3, 0.4) is 0 Å². The molecule has 2 amide bonds. The monoisotopic (exact) mass is 431 g/mol. The molecule has 0 radical (unpaired) electrons. The number of amides is 2. The van der Waals surface area contributed by atoms with Crippen LogP contribution in [-0.4, -0.2) is 52.4 Å². The predicted molar refractivity (Wildman–Crippen MR) is 125 cm³/mol. The zero-order chi connectivity index (χ0) is 22.3. The molecule has 1 aliphatic heterocycles. The third kappa shape index (κ3) is 4.99. The number of fused-ring (bicyclic) bond motifs is 1. The molecule has 0 unspecified atom stereocenters. The fourth-order valence-electron chi connectivity index (χ4n) is 3.96. The molecule has 3 aromatic rings. The van der Waals surface area contributed by atoms with E-state index in [0.29, 0.717) is 37.7 Å². The first-order valence-corrected chi connectivity index (χ1v) is 11.1. The summed E-state index contributed by atoms with van der Waals surface area (Å²) in [6.07, 6.45) is 2.51. The van der Waals surface area contributed by atoms with E-state index in [1.54, 1.807) is 15.7 Å². The minimum absolute atomic E-state index is 0.138. The van der Waals surface area contributed by atoms with Crippen LogP contribution in [0.15, 0.2) is 66.9 Å². The van der Waals surface area contributed by atoms with Crippen LogP contribution >= 0.6 is 0 Å². The maximum absolute atomic E-state index is 12.9. The largest absolute Gasteiger partial charge is 0.372 e. The van der Waals surface area contributed by atoms with Crippen LogP contribution in [0.25, 0.3) is 0 Å². The lowest BCUT2D eigenvalue weighted by Crippen LogP contribution is -2.39. The summed E-state index contributed by atoms with van der Waals surface area (Å²) in [5, 5.41) is 2.94. The molecule has 166 valence electrons. The van der Waals surface area contributed by atoms with Crippen molar-refractivity contribution in [3.63, 3.8) is 0 Å². The normalized spacial score (nSPS) is 13.0. The first kappa shape index (κ1) is 21.6. The molecule has 0 bridgehead atoms. The van der Waals surface area contributed by atoms with Crippen LogP contribution in [0.2, 0.25) is 0 Å². The number of benzene rings is 2. The third-order valence-corrected chi connectivity index (χ3v) is 5.71. The second kappa shape index (κ2) is 10.1. The number of imidazole rings is 1. The maximum Gasteiger partial charge on any atom is 0.290 e. The minimum Gasteiger partial charge on any atom is -0.372 e. The van der Waals surface area contributed by atoms with Crippen molar-refractivity contribution in [2.24, 2.45) is 0 Å². The number of hydrogen-bond acceptors (Lipinski definition) is 4. The lowest BCUT2D eigenvalue weighted by atomic mass is 10.2. The molecule has 0 aliphatic carbocycles. The number of aromatic nitrogens is 2. The third-order valence-electron chi connectivity index (χ3n) is 5.71. The SMILES string of the molecule is CCN(CCCNC(=O)c1cn2c(n1)C(=O)N(Cc1ccccc1)CC2)c1ccccc1. The second-order valence-electron chi connectivity index (χ2n) is 7.88. The summed E-state index contributed by atoms with van der Waals surface area (Å²) in [6, 6.07) is 20.2. The van der Waals surface area contributed by atoms with E-state index in [-0.39, 0.29) is 11.8 Å². The molecule has 0 saturated carbocycles. The number of hydrogen-bond donors (Lipinski definition) is 1. The van der Waals surface area contributed by atoms with Crippen LogP contribution in [0.1, 0.15) is 40.0 Å². The predicted octanol–water partition coefficient (Wildman–Crippen LogP) is 3.19. The van der Waals surface area contributed by atoms with Crippen LogP contribution in [0.4, 0.5) is 5.69 Å². The molecule has 0 fully saturated rings. The highest BCUT2D eigenvalue weighted by molar-refractivity contribution is 5.96. The van der Waals surface area contributed by atoms with Gasteiger partial charge in [0.15, 0.2) is 5.82 Å². The average Bonchev–Trinajstić information content (AvgIpc) is 3.27. The number of carbonyl (C=O) groups is 2. The van der Waals surface area contributed by atoms with E-state index < -0.39 is 0 Å². The molecule has 7 nitrogen and oxygen atoms in total. The Kier molecular flexibility index (Phi) is 6.84. The van der Waals surface area contributed by atoms with Crippen molar-refractivity contribution in [3.05, 3.63) is 83.9 Å². The van der Waals surface area contributed by atoms with E-state index >= 15 is 0 Å². The lowest BCUT2D eigenvalue weighted by Gasteiger charge is -2.27. The summed E-state index contributed by atoms with van der Waals surface area (Å²) in [5.41, 5.74) is 2.56. The van der Waals surface area contributed by atoms with Crippen LogP contribution in [-0.2, 0) is 13.1 Å². The Morgan fingerprint density at radius 1 is 1.06 bits per heavy atom. The van der Waals surface area contributed by atoms with Crippen molar-refractivity contribution < 1.29 is 9.59 Å². The number of nitrogens with zero attached hydrogens (tertiary/aromatic N) is 4. The van der Waals surface area contributed by atoms with E-state index in [2.05, 4.69) is 34.3 Å². The van der Waals surface area contributed by atoms with Gasteiger partial charge in [0.2, 0.25) is 0 Å². The van der Waals surface area contributed by atoms with Gasteiger partial charge >= 0.3 is 0 Å². The fraction of sp³-hybridized carbons (Fsp3) is 0.320. The Balaban J connectivity index is 1.30. The van der Waals surface area contributed by atoms with Gasteiger partial charge in [-0.3, -0.25) is 9.59 Å². The van der Waals surface area contributed by atoms with Gasteiger partial charge in [-0.25, -0.2) is 4.98 Å². The van der Waals surface area contributed by atoms with Gasteiger partial charge in [0.1, 0.15) is 5.69 Å². The van der Waals surface area contributed by atoms with Crippen LogP contribution in [0, 0.1) is 0 Å². The molecule has 2 aromatic carbocycles. The molecular formula is C25H29N5O2. The molecule has 0 spiro atoms. The highest BCUT2D eigenvalue weighted by atomic mass is 16.2. The Morgan fingerprint density at radius 2 is 1.78 bits per heavy atom. The Labute approximate surface area is 188 Å². The van der Waals surface area contributed by atoms with Crippen molar-refractivity contribution in [3.8, 4) is 0 Å². The van der Waals surface area contributed by atoms with Gasteiger partial charge in [0.25, 0.3) is 11.8 Å². The summed E-state index contributed by atoms with van der Waals surface area (Å²) < 4.78 is 1.78. The van der Waals surface area contributed by atoms with Crippen LogP contribution < -0.4 is 10.2 Å². The minimum atomic E-state index is -0.239. The van der Waals surface area contributed by atoms with Crippen LogP contribution in [0.5, 0.6) is 0 Å². The van der Waals surface area contributed by atoms with E-state index in [9.17, 15) is 9.59 Å². The van der Waals surface area contributed by atoms with Gasteiger partial charge in [-0.1, -0.05) is 48.5 Å². The zero-order valence-electron chi connectivity index (χ0n) is 18.4. The van der Waals surface area contributed by atoms with Gasteiger partial charge in [-0.2, -0.15) is 0 Å². The molecule has 7 heteroatoms. The first-order valence-electron chi connectivity index (χ1n) is 11.1. The lowest BCUT2D eigenvalue weighted by molar-refractivity contribution is 0.0683. The molecule has 1 aliphatic rings. The molecule has 0 atom stereocenters. The molecule has 4 rings (SSSR count). The van der Waals surface area contributed by atoms with Gasteiger partial charge in [0.05, 0.1) is 0 Å². The van der Waals surface area contributed by atoms with Gasteiger partial charge in [-0.05, 0) is 31.0 Å². The summed E-state index contributed by atoms with van der Waals surface area (Å²) in [7, 11) is 0. The van der Waals surface area contributed by atoms with Crippen molar-refractivity contribution in [2.45, 2.75) is 26.4 Å². The van der Waals surface area contributed by atoms with E-state index in [0.717, 1.165) is 25.1 Å². The first-order chi connectivity index (χ1) is 15.7. The highest BCUT2D eigenvalue weighted by Crippen LogP contribution is 2.16. The topological polar surface area (TPSA) is 70.5 Å². The highest BCUT2D eigenvalue weighted by Gasteiger charge is 2.28. The maximum atomic E-state index is 12.9. The number of para-hydroxylation sites is 1. The van der Waals surface area contributed by atoms with Gasteiger partial charge < -0.3 is 19.7 Å². The number of nitrogens with one attached hydrogen (secondary N) is 1. The van der Waals surface area contributed by atoms with E-state index in [4.69, 9.17) is 0 Å². The summed E-state index contributed by atoms with van der Waals surface area (Å²) in [6.45, 7) is 6.23. The summed E-state index contributed by atoms with van der Waals surface area (Å²) in [5.74, 6) is -0.0452. The summed E-state index contributed by atoms with van der Waals surface area (Å²) >= 11 is 0. The molecule has 1 N–H and O–H groups in total. The second-order valence-corrected chi connectivity index (χ2v) is 7.88. The van der Waals surface area contributed by atoms with Gasteiger partial charge in [0, 0.05) is 51.2 Å². The molecule has 1 aromatic heterocycles. The number of rotatable bonds is 9. The Morgan fingerprint density at radius 3 is 2.50 bits per heavy atom. The quantitative estimate of drug-likeness (QED) is 0.528. The molecular weight excluding hydrogens is 402 g/mol. The van der Waals surface area contributed by atoms with Gasteiger partial charge in [-0.15, -0.1) is 0 Å². The van der Waals surface area contributed by atoms with E-state index in [1.165, 1.54) is 5.69 Å². The zero-order valence-corrected chi connectivity index (χ0v) is 18.4. The summed E-state index contributed by atoms with van der Waals surface area (Å²) in [4.78, 5) is 33.9.